The van der Waals surface area contributed by atoms with Crippen molar-refractivity contribution in [2.75, 3.05) is 26.3 Å². The summed E-state index contributed by atoms with van der Waals surface area (Å²) in [6.07, 6.45) is 6.49. The zero-order valence-electron chi connectivity index (χ0n) is 22.5. The van der Waals surface area contributed by atoms with Crippen molar-refractivity contribution in [2.45, 2.75) is 79.6 Å². The molecule has 0 aromatic rings. The third-order valence-corrected chi connectivity index (χ3v) is 10.8. The lowest BCUT2D eigenvalue weighted by atomic mass is 9.43. The summed E-state index contributed by atoms with van der Waals surface area (Å²) in [6, 6.07) is 0.343. The van der Waals surface area contributed by atoms with E-state index in [0.29, 0.717) is 50.0 Å². The van der Waals surface area contributed by atoms with E-state index in [2.05, 4.69) is 52.5 Å². The predicted octanol–water partition coefficient (Wildman–Crippen LogP) is 4.63. The molecule has 0 spiro atoms. The van der Waals surface area contributed by atoms with E-state index in [1.807, 2.05) is 0 Å². The molecule has 4 aliphatic carbocycles. The Hall–Kier alpha value is -1.24. The van der Waals surface area contributed by atoms with Crippen molar-refractivity contribution in [3.63, 3.8) is 0 Å². The maximum Gasteiger partial charge on any atom is 0.315 e. The second kappa shape index (κ2) is 8.66. The lowest BCUT2D eigenvalue weighted by Gasteiger charge is -2.58. The van der Waals surface area contributed by atoms with Gasteiger partial charge in [0.25, 0.3) is 0 Å². The number of aldehydes is 1. The van der Waals surface area contributed by atoms with Crippen molar-refractivity contribution in [1.29, 1.82) is 0 Å². The van der Waals surface area contributed by atoms with Crippen LogP contribution in [0.25, 0.3) is 0 Å². The highest BCUT2D eigenvalue weighted by Gasteiger charge is 2.84. The number of aliphatic carboxylic acids is 1. The highest BCUT2D eigenvalue weighted by Crippen LogP contribution is 2.82. The molecule has 1 aliphatic heterocycles. The quantitative estimate of drug-likeness (QED) is 0.397. The summed E-state index contributed by atoms with van der Waals surface area (Å²) in [5.74, 6) is 0.933. The van der Waals surface area contributed by atoms with Gasteiger partial charge in [0.05, 0.1) is 18.6 Å². The molecule has 1 N–H and O–H groups in total. The van der Waals surface area contributed by atoms with E-state index in [-0.39, 0.29) is 24.0 Å². The molecule has 0 aromatic heterocycles. The number of morpholine rings is 1. The molecule has 4 fully saturated rings. The van der Waals surface area contributed by atoms with Crippen LogP contribution < -0.4 is 0 Å². The van der Waals surface area contributed by atoms with Crippen LogP contribution in [0.15, 0.2) is 11.6 Å². The Kier molecular flexibility index (Phi) is 6.29. The molecule has 1 heterocycles. The Morgan fingerprint density at radius 3 is 2.63 bits per heavy atom. The van der Waals surface area contributed by atoms with Crippen LogP contribution in [0.3, 0.4) is 0 Å². The fourth-order valence-corrected chi connectivity index (χ4v) is 9.48. The highest BCUT2D eigenvalue weighted by molar-refractivity contribution is 5.90. The van der Waals surface area contributed by atoms with E-state index in [9.17, 15) is 14.7 Å². The average molecular weight is 488 g/mol. The van der Waals surface area contributed by atoms with E-state index in [0.717, 1.165) is 37.7 Å². The van der Waals surface area contributed by atoms with E-state index in [1.54, 1.807) is 0 Å². The van der Waals surface area contributed by atoms with Crippen molar-refractivity contribution in [1.82, 2.24) is 4.90 Å². The van der Waals surface area contributed by atoms with Crippen LogP contribution in [-0.4, -0.2) is 60.9 Å². The third-order valence-electron chi connectivity index (χ3n) is 10.8. The maximum atomic E-state index is 13.5. The van der Waals surface area contributed by atoms with Crippen molar-refractivity contribution in [3.8, 4) is 0 Å². The molecule has 35 heavy (non-hydrogen) atoms. The van der Waals surface area contributed by atoms with Crippen molar-refractivity contribution in [3.05, 3.63) is 11.6 Å². The van der Waals surface area contributed by atoms with E-state index >= 15 is 0 Å². The van der Waals surface area contributed by atoms with Gasteiger partial charge in [0.15, 0.2) is 6.29 Å². The lowest BCUT2D eigenvalue weighted by Crippen LogP contribution is -2.64. The van der Waals surface area contributed by atoms with E-state index in [1.165, 1.54) is 0 Å². The van der Waals surface area contributed by atoms with Gasteiger partial charge in [0, 0.05) is 24.5 Å². The van der Waals surface area contributed by atoms with Crippen LogP contribution in [0.5, 0.6) is 0 Å². The van der Waals surface area contributed by atoms with Gasteiger partial charge < -0.3 is 19.4 Å². The fraction of sp³-hybridized carbons (Fsp3) is 0.862. The number of fused-ring (bicyclic) bond motifs is 2. The Morgan fingerprint density at radius 2 is 2.00 bits per heavy atom. The van der Waals surface area contributed by atoms with Gasteiger partial charge in [-0.2, -0.15) is 0 Å². The molecule has 3 saturated carbocycles. The first-order valence-electron chi connectivity index (χ1n) is 13.9. The lowest BCUT2D eigenvalue weighted by molar-refractivity contribution is -0.228. The highest BCUT2D eigenvalue weighted by atomic mass is 16.7. The molecular formula is C29H45NO5. The molecule has 6 nitrogen and oxygen atoms in total. The van der Waals surface area contributed by atoms with Gasteiger partial charge >= 0.3 is 5.97 Å². The molecular weight excluding hydrogens is 442 g/mol. The van der Waals surface area contributed by atoms with Crippen molar-refractivity contribution < 1.29 is 24.2 Å². The molecule has 0 radical (unpaired) electrons. The standard InChI is InChI=1S/C29H45NO5/c1-17(2)12-30-13-25(34-14-20(30)6)35-16-28-11-22-19(5)7-8-23(22)27(15-31)10-21(28)9-24(18(3)4)29(27,28)26(32)33/h9,15,17-23,25H,7-8,10-14,16H2,1-6H3,(H,32,33)/t19-,20-,21+,22-,23-,25+,27+,28+,29+/m1/s1. The van der Waals surface area contributed by atoms with Gasteiger partial charge in [-0.3, -0.25) is 9.69 Å². The molecule has 5 aliphatic rings. The third kappa shape index (κ3) is 3.24. The summed E-state index contributed by atoms with van der Waals surface area (Å²) in [4.78, 5) is 29.1. The van der Waals surface area contributed by atoms with Gasteiger partial charge in [-0.25, -0.2) is 0 Å². The molecule has 5 rings (SSSR count). The summed E-state index contributed by atoms with van der Waals surface area (Å²) in [7, 11) is 0. The van der Waals surface area contributed by atoms with Crippen LogP contribution in [0.2, 0.25) is 0 Å². The van der Waals surface area contributed by atoms with Crippen LogP contribution in [-0.2, 0) is 19.1 Å². The summed E-state index contributed by atoms with van der Waals surface area (Å²) >= 11 is 0. The fourth-order valence-electron chi connectivity index (χ4n) is 9.48. The second-order valence-corrected chi connectivity index (χ2v) is 13.3. The first-order chi connectivity index (χ1) is 16.5. The van der Waals surface area contributed by atoms with E-state index in [4.69, 9.17) is 9.47 Å². The monoisotopic (exact) mass is 487 g/mol. The minimum atomic E-state index is -1.18. The first kappa shape index (κ1) is 25.4. The summed E-state index contributed by atoms with van der Waals surface area (Å²) in [5.41, 5.74) is -1.63. The zero-order chi connectivity index (χ0) is 25.3. The second-order valence-electron chi connectivity index (χ2n) is 13.3. The number of carbonyl (C=O) groups excluding carboxylic acids is 1. The van der Waals surface area contributed by atoms with Crippen molar-refractivity contribution >= 4 is 12.3 Å². The summed E-state index contributed by atoms with van der Waals surface area (Å²) < 4.78 is 12.7. The summed E-state index contributed by atoms with van der Waals surface area (Å²) in [6.45, 7) is 15.8. The topological polar surface area (TPSA) is 76.1 Å². The SMILES string of the molecule is CC(C)CN1C[C@H](OC[C@@]23C[C@@H]4[C@H](C)CC[C@H]4[C@@]4(C=O)C[C@@H]2C=C(C(C)C)[C@@]34C(=O)O)OC[C@H]1C. The van der Waals surface area contributed by atoms with Gasteiger partial charge in [-0.1, -0.05) is 52.7 Å². The first-order valence-corrected chi connectivity index (χ1v) is 13.9. The van der Waals surface area contributed by atoms with Crippen molar-refractivity contribution in [2.24, 2.45) is 51.8 Å². The molecule has 0 unspecified atom stereocenters. The number of allylic oxidation sites excluding steroid dienone is 1. The van der Waals surface area contributed by atoms with Crippen LogP contribution >= 0.6 is 0 Å². The van der Waals surface area contributed by atoms with Gasteiger partial charge in [-0.15, -0.1) is 0 Å². The zero-order valence-corrected chi connectivity index (χ0v) is 22.5. The van der Waals surface area contributed by atoms with Crippen LogP contribution in [0.1, 0.15) is 67.2 Å². The minimum Gasteiger partial charge on any atom is -0.481 e. The Morgan fingerprint density at radius 1 is 1.26 bits per heavy atom. The number of carboxylic acid groups (broad SMARTS) is 1. The number of hydrogen-bond acceptors (Lipinski definition) is 5. The number of ether oxygens (including phenoxy) is 2. The van der Waals surface area contributed by atoms with Gasteiger partial charge in [-0.05, 0) is 61.7 Å². The van der Waals surface area contributed by atoms with Gasteiger partial charge in [0.1, 0.15) is 11.7 Å². The Bertz CT molecular complexity index is 900. The molecule has 1 saturated heterocycles. The molecule has 9 atom stereocenters. The predicted molar refractivity (Wildman–Crippen MR) is 134 cm³/mol. The summed E-state index contributed by atoms with van der Waals surface area (Å²) in [5, 5.41) is 11.1. The number of carbonyl (C=O) groups is 2. The number of nitrogens with zero attached hydrogens (tertiary/aromatic N) is 1. The largest absolute Gasteiger partial charge is 0.481 e. The maximum absolute atomic E-state index is 13.5. The molecule has 4 bridgehead atoms. The molecule has 0 amide bonds. The number of hydrogen-bond donors (Lipinski definition) is 1. The molecule has 6 heteroatoms. The van der Waals surface area contributed by atoms with Crippen LogP contribution in [0, 0.1) is 51.8 Å². The van der Waals surface area contributed by atoms with Crippen LogP contribution in [0.4, 0.5) is 0 Å². The number of rotatable bonds is 8. The Labute approximate surface area is 210 Å². The molecule has 0 aromatic carbocycles. The van der Waals surface area contributed by atoms with Gasteiger partial charge in [0.2, 0.25) is 0 Å². The minimum absolute atomic E-state index is 0.0632. The number of carboxylic acids is 1. The Balaban J connectivity index is 1.52. The van der Waals surface area contributed by atoms with E-state index < -0.39 is 22.2 Å². The average Bonchev–Trinajstić information content (AvgIpc) is 3.36. The normalized spacial score (nSPS) is 46.8. The smallest absolute Gasteiger partial charge is 0.315 e. The molecule has 196 valence electrons.